The molecule has 6 nitrogen and oxygen atoms in total. The van der Waals surface area contributed by atoms with Gasteiger partial charge >= 0.3 is 6.18 Å². The Hall–Kier alpha value is -2.56. The van der Waals surface area contributed by atoms with Gasteiger partial charge in [-0.25, -0.2) is 4.39 Å². The van der Waals surface area contributed by atoms with E-state index in [1.165, 1.54) is 18.2 Å². The van der Waals surface area contributed by atoms with Crippen LogP contribution in [0.2, 0.25) is 10.0 Å². The molecule has 0 saturated heterocycles. The third kappa shape index (κ3) is 4.42. The lowest BCUT2D eigenvalue weighted by Crippen LogP contribution is -2.42. The lowest BCUT2D eigenvalue weighted by molar-refractivity contribution is -0.275. The molecule has 2 aliphatic heterocycles. The van der Waals surface area contributed by atoms with Gasteiger partial charge in [0.1, 0.15) is 0 Å². The van der Waals surface area contributed by atoms with Crippen molar-refractivity contribution in [1.29, 1.82) is 0 Å². The van der Waals surface area contributed by atoms with Gasteiger partial charge in [0.2, 0.25) is 6.23 Å². The zero-order valence-electron chi connectivity index (χ0n) is 17.1. The monoisotopic (exact) mass is 537 g/mol. The number of nitrogens with one attached hydrogen (secondary N) is 1. The number of carbonyl (C=O) groups is 1. The van der Waals surface area contributed by atoms with E-state index in [1.54, 1.807) is 6.92 Å². The molecule has 2 heterocycles. The minimum absolute atomic E-state index is 0.0248. The van der Waals surface area contributed by atoms with Crippen LogP contribution in [0.4, 0.5) is 17.6 Å². The summed E-state index contributed by atoms with van der Waals surface area (Å²) in [7, 11) is 0. The summed E-state index contributed by atoms with van der Waals surface area (Å²) in [4.78, 5) is 22.4. The predicted molar refractivity (Wildman–Crippen MR) is 118 cm³/mol. The summed E-state index contributed by atoms with van der Waals surface area (Å²) < 4.78 is 56.3. The quantitative estimate of drug-likeness (QED) is 0.380. The summed E-state index contributed by atoms with van der Waals surface area (Å²) in [5, 5.41) is 8.86. The Bertz CT molecular complexity index is 1210. The number of aryl methyl sites for hydroxylation is 1. The zero-order chi connectivity index (χ0) is 24.8. The second-order valence-electron chi connectivity index (χ2n) is 7.65. The van der Waals surface area contributed by atoms with Crippen molar-refractivity contribution in [1.82, 2.24) is 5.32 Å². The lowest BCUT2D eigenvalue weighted by atomic mass is 9.86. The Morgan fingerprint density at radius 1 is 1.15 bits per heavy atom. The molecule has 1 unspecified atom stereocenters. The first-order valence-corrected chi connectivity index (χ1v) is 10.8. The number of alkyl halides is 3. The van der Waals surface area contributed by atoms with Crippen LogP contribution in [0.5, 0.6) is 0 Å². The van der Waals surface area contributed by atoms with E-state index in [0.29, 0.717) is 11.1 Å². The molecule has 0 saturated carbocycles. The Kier molecular flexibility index (Phi) is 6.43. The first kappa shape index (κ1) is 24.6. The fraction of sp³-hybridized carbons (Fsp3) is 0.286. The zero-order valence-corrected chi connectivity index (χ0v) is 19.4. The average molecular weight is 539 g/mol. The average Bonchev–Trinajstić information content (AvgIpc) is 3.38. The van der Waals surface area contributed by atoms with Crippen LogP contribution in [0.3, 0.4) is 0 Å². The summed E-state index contributed by atoms with van der Waals surface area (Å²) in [6, 6.07) is 6.02. The fourth-order valence-corrected chi connectivity index (χ4v) is 4.26. The number of amides is 1. The largest absolute Gasteiger partial charge is 0.435 e. The third-order valence-electron chi connectivity index (χ3n) is 5.37. The van der Waals surface area contributed by atoms with E-state index in [9.17, 15) is 22.4 Å². The SMILES string of the molecule is Cc1cc(C2=NO[C@@](c3cc(Cl)c(F)c(Cl)c3)(C(F)(F)F)C2)ccc1C(=O)NC1CC(Cl)=NO1. The number of hydrogen-bond acceptors (Lipinski definition) is 5. The summed E-state index contributed by atoms with van der Waals surface area (Å²) in [6.07, 6.45) is -6.14. The Labute approximate surface area is 205 Å². The van der Waals surface area contributed by atoms with Crippen molar-refractivity contribution in [2.75, 3.05) is 0 Å². The summed E-state index contributed by atoms with van der Waals surface area (Å²) in [5.41, 5.74) is -2.37. The molecule has 0 aromatic heterocycles. The van der Waals surface area contributed by atoms with Crippen molar-refractivity contribution < 1.29 is 32.0 Å². The van der Waals surface area contributed by atoms with Gasteiger partial charge < -0.3 is 15.0 Å². The van der Waals surface area contributed by atoms with E-state index in [0.717, 1.165) is 12.1 Å². The topological polar surface area (TPSA) is 72.3 Å². The van der Waals surface area contributed by atoms with Crippen LogP contribution in [0.25, 0.3) is 0 Å². The van der Waals surface area contributed by atoms with E-state index in [4.69, 9.17) is 44.5 Å². The number of rotatable bonds is 4. The van der Waals surface area contributed by atoms with Crippen molar-refractivity contribution >= 4 is 51.6 Å². The molecule has 4 rings (SSSR count). The van der Waals surface area contributed by atoms with Crippen LogP contribution < -0.4 is 5.32 Å². The number of benzene rings is 2. The second kappa shape index (κ2) is 8.90. The molecule has 0 bridgehead atoms. The van der Waals surface area contributed by atoms with Gasteiger partial charge in [-0.2, -0.15) is 13.2 Å². The van der Waals surface area contributed by atoms with Crippen molar-refractivity contribution in [3.63, 3.8) is 0 Å². The van der Waals surface area contributed by atoms with Gasteiger partial charge in [0, 0.05) is 17.5 Å². The minimum atomic E-state index is -4.93. The normalized spacial score (nSPS) is 22.1. The van der Waals surface area contributed by atoms with Crippen molar-refractivity contribution in [2.45, 2.75) is 37.8 Å². The van der Waals surface area contributed by atoms with Gasteiger partial charge in [0.25, 0.3) is 11.5 Å². The lowest BCUT2D eigenvalue weighted by Gasteiger charge is -2.29. The van der Waals surface area contributed by atoms with E-state index in [2.05, 4.69) is 15.6 Å². The maximum absolute atomic E-state index is 14.2. The van der Waals surface area contributed by atoms with Crippen molar-refractivity contribution in [2.24, 2.45) is 10.3 Å². The van der Waals surface area contributed by atoms with E-state index in [1.807, 2.05) is 0 Å². The molecule has 2 aromatic carbocycles. The summed E-state index contributed by atoms with van der Waals surface area (Å²) in [6.45, 7) is 1.62. The van der Waals surface area contributed by atoms with Crippen LogP contribution in [0, 0.1) is 12.7 Å². The van der Waals surface area contributed by atoms with Gasteiger partial charge in [-0.05, 0) is 42.3 Å². The van der Waals surface area contributed by atoms with Crippen molar-refractivity contribution in [3.05, 3.63) is 68.4 Å². The Balaban J connectivity index is 1.59. The number of oxime groups is 2. The van der Waals surface area contributed by atoms with Gasteiger partial charge in [-0.15, -0.1) is 0 Å². The highest BCUT2D eigenvalue weighted by Gasteiger charge is 2.62. The molecule has 2 atom stereocenters. The maximum Gasteiger partial charge on any atom is 0.435 e. The molecule has 2 aliphatic rings. The van der Waals surface area contributed by atoms with Crippen molar-refractivity contribution in [3.8, 4) is 0 Å². The highest BCUT2D eigenvalue weighted by molar-refractivity contribution is 6.65. The Morgan fingerprint density at radius 2 is 1.82 bits per heavy atom. The Morgan fingerprint density at radius 3 is 2.38 bits per heavy atom. The van der Waals surface area contributed by atoms with Crippen LogP contribution >= 0.6 is 34.8 Å². The molecule has 2 aromatic rings. The van der Waals surface area contributed by atoms with Gasteiger partial charge in [-0.1, -0.05) is 51.2 Å². The molecule has 0 radical (unpaired) electrons. The fourth-order valence-electron chi connectivity index (χ4n) is 3.59. The van der Waals surface area contributed by atoms with Crippen LogP contribution in [-0.4, -0.2) is 29.2 Å². The number of hydrogen-bond donors (Lipinski definition) is 1. The van der Waals surface area contributed by atoms with E-state index >= 15 is 0 Å². The molecule has 34 heavy (non-hydrogen) atoms. The molecule has 13 heteroatoms. The molecule has 0 fully saturated rings. The van der Waals surface area contributed by atoms with Crippen LogP contribution in [0.15, 0.2) is 40.6 Å². The number of carbonyl (C=O) groups excluding carboxylic acids is 1. The summed E-state index contributed by atoms with van der Waals surface area (Å²) in [5.74, 6) is -1.51. The van der Waals surface area contributed by atoms with Gasteiger partial charge in [-0.3, -0.25) is 4.79 Å². The number of halogens is 7. The predicted octanol–water partition coefficient (Wildman–Crippen LogP) is 6.05. The molecule has 180 valence electrons. The molecule has 1 amide bonds. The highest BCUT2D eigenvalue weighted by Crippen LogP contribution is 2.50. The van der Waals surface area contributed by atoms with Gasteiger partial charge in [0.15, 0.2) is 11.0 Å². The first-order valence-electron chi connectivity index (χ1n) is 9.68. The van der Waals surface area contributed by atoms with E-state index < -0.39 is 51.8 Å². The second-order valence-corrected chi connectivity index (χ2v) is 8.90. The third-order valence-corrected chi connectivity index (χ3v) is 6.14. The molecule has 0 spiro atoms. The molecule has 1 N–H and O–H groups in total. The smallest absolute Gasteiger partial charge is 0.374 e. The van der Waals surface area contributed by atoms with Crippen LogP contribution in [0.1, 0.15) is 39.9 Å². The first-order chi connectivity index (χ1) is 15.9. The molecule has 0 aliphatic carbocycles. The van der Waals surface area contributed by atoms with Crippen LogP contribution in [-0.2, 0) is 15.3 Å². The molecular formula is C21H14Cl3F4N3O3. The molecular weight excluding hydrogens is 525 g/mol. The summed E-state index contributed by atoms with van der Waals surface area (Å²) >= 11 is 17.2. The number of nitrogens with zero attached hydrogens (tertiary/aromatic N) is 2. The highest BCUT2D eigenvalue weighted by atomic mass is 35.5. The minimum Gasteiger partial charge on any atom is -0.374 e. The maximum atomic E-state index is 14.2. The standard InChI is InChI=1S/C21H14Cl3F4N3O3/c1-9-4-10(2-3-12(9)19(32)29-17-7-16(24)31-33-17)15-8-20(34-30-15,21(26,27)28)11-5-13(22)18(25)14(23)6-11/h2-6,17H,7-8H2,1H3,(H,29,32)/t17?,20-/m0/s1. The van der Waals surface area contributed by atoms with E-state index in [-0.39, 0.29) is 22.9 Å². The van der Waals surface area contributed by atoms with Gasteiger partial charge in [0.05, 0.1) is 22.2 Å².